The highest BCUT2D eigenvalue weighted by molar-refractivity contribution is 6.39. The molecule has 2 aromatic rings. The maximum absolute atomic E-state index is 12.6. The van der Waals surface area contributed by atoms with E-state index in [0.29, 0.717) is 5.75 Å². The monoisotopic (exact) mass is 287 g/mol. The molecule has 0 saturated heterocycles. The number of hydrogen-bond donors (Lipinski definition) is 1. The Morgan fingerprint density at radius 2 is 1.75 bits per heavy atom. The van der Waals surface area contributed by atoms with Crippen LogP contribution < -0.4 is 10.5 Å². The number of halogens is 1. The lowest BCUT2D eigenvalue weighted by molar-refractivity contribution is 0.0977. The molecule has 1 aliphatic rings. The van der Waals surface area contributed by atoms with Gasteiger partial charge in [0.25, 0.3) is 0 Å². The van der Waals surface area contributed by atoms with Gasteiger partial charge in [-0.2, -0.15) is 0 Å². The molecule has 2 N–H and O–H groups in total. The molecule has 0 radical (unpaired) electrons. The number of carbonyl (C=O) groups is 2. The molecule has 3 rings (SSSR count). The summed E-state index contributed by atoms with van der Waals surface area (Å²) < 4.78 is 5.17. The molecule has 5 heteroatoms. The standard InChI is InChI=1S/C15H10ClNO3/c1-20-10-6-5-9(17)12-13(10)15(19)11-7(14(12)18)3-2-4-8(11)16/h2-6H,17H2,1H3. The molecule has 2 aromatic carbocycles. The number of anilines is 1. The number of nitrogen functional groups attached to an aromatic ring is 1. The van der Waals surface area contributed by atoms with Crippen molar-refractivity contribution in [2.45, 2.75) is 0 Å². The quantitative estimate of drug-likeness (QED) is 0.699. The lowest BCUT2D eigenvalue weighted by Gasteiger charge is -2.21. The average Bonchev–Trinajstić information content (AvgIpc) is 2.44. The van der Waals surface area contributed by atoms with Crippen molar-refractivity contribution in [3.63, 3.8) is 0 Å². The zero-order valence-electron chi connectivity index (χ0n) is 10.6. The second-order valence-electron chi connectivity index (χ2n) is 4.43. The van der Waals surface area contributed by atoms with Gasteiger partial charge >= 0.3 is 0 Å². The van der Waals surface area contributed by atoms with Gasteiger partial charge in [-0.3, -0.25) is 9.59 Å². The van der Waals surface area contributed by atoms with E-state index in [1.54, 1.807) is 30.3 Å². The summed E-state index contributed by atoms with van der Waals surface area (Å²) >= 11 is 6.06. The van der Waals surface area contributed by atoms with Crippen LogP contribution in [0.3, 0.4) is 0 Å². The number of carbonyl (C=O) groups excluding carboxylic acids is 2. The molecule has 4 nitrogen and oxygen atoms in total. The molecule has 0 aromatic heterocycles. The number of hydrogen-bond acceptors (Lipinski definition) is 4. The first-order valence-electron chi connectivity index (χ1n) is 5.90. The minimum absolute atomic E-state index is 0.179. The fourth-order valence-electron chi connectivity index (χ4n) is 2.44. The summed E-state index contributed by atoms with van der Waals surface area (Å²) in [6.45, 7) is 0. The topological polar surface area (TPSA) is 69.4 Å². The van der Waals surface area contributed by atoms with Gasteiger partial charge in [-0.25, -0.2) is 0 Å². The third kappa shape index (κ3) is 1.55. The van der Waals surface area contributed by atoms with Gasteiger partial charge in [-0.15, -0.1) is 0 Å². The molecule has 0 saturated carbocycles. The number of nitrogens with two attached hydrogens (primary N) is 1. The summed E-state index contributed by atoms with van der Waals surface area (Å²) in [5, 5.41) is 0.246. The van der Waals surface area contributed by atoms with Crippen LogP contribution >= 0.6 is 11.6 Å². The summed E-state index contributed by atoms with van der Waals surface area (Å²) in [6, 6.07) is 7.91. The van der Waals surface area contributed by atoms with Crippen LogP contribution in [0.1, 0.15) is 31.8 Å². The lowest BCUT2D eigenvalue weighted by Crippen LogP contribution is -2.23. The van der Waals surface area contributed by atoms with Gasteiger partial charge in [-0.05, 0) is 18.2 Å². The molecule has 0 amide bonds. The molecule has 0 atom stereocenters. The zero-order valence-corrected chi connectivity index (χ0v) is 11.3. The Hall–Kier alpha value is -2.33. The number of methoxy groups -OCH3 is 1. The molecule has 100 valence electrons. The molecular formula is C15H10ClNO3. The summed E-state index contributed by atoms with van der Waals surface area (Å²) in [5.74, 6) is -0.337. The molecule has 0 aliphatic heterocycles. The fraction of sp³-hybridized carbons (Fsp3) is 0.0667. The largest absolute Gasteiger partial charge is 0.496 e. The maximum Gasteiger partial charge on any atom is 0.199 e. The van der Waals surface area contributed by atoms with E-state index in [2.05, 4.69) is 0 Å². The fourth-order valence-corrected chi connectivity index (χ4v) is 2.70. The van der Waals surface area contributed by atoms with E-state index in [1.165, 1.54) is 7.11 Å². The zero-order chi connectivity index (χ0) is 14.4. The maximum atomic E-state index is 12.6. The van der Waals surface area contributed by atoms with Crippen LogP contribution in [0, 0.1) is 0 Å². The van der Waals surface area contributed by atoms with Crippen molar-refractivity contribution >= 4 is 28.9 Å². The van der Waals surface area contributed by atoms with Crippen molar-refractivity contribution < 1.29 is 14.3 Å². The van der Waals surface area contributed by atoms with Crippen molar-refractivity contribution in [2.75, 3.05) is 12.8 Å². The lowest BCUT2D eigenvalue weighted by atomic mass is 9.82. The van der Waals surface area contributed by atoms with E-state index in [0.717, 1.165) is 0 Å². The third-order valence-corrected chi connectivity index (χ3v) is 3.67. The van der Waals surface area contributed by atoms with Crippen molar-refractivity contribution in [2.24, 2.45) is 0 Å². The van der Waals surface area contributed by atoms with Crippen molar-refractivity contribution in [1.82, 2.24) is 0 Å². The van der Waals surface area contributed by atoms with Crippen molar-refractivity contribution in [3.05, 3.63) is 57.6 Å². The van der Waals surface area contributed by atoms with Crippen LogP contribution in [0.15, 0.2) is 30.3 Å². The third-order valence-electron chi connectivity index (χ3n) is 3.36. The smallest absolute Gasteiger partial charge is 0.199 e. The van der Waals surface area contributed by atoms with Crippen LogP contribution in [0.4, 0.5) is 5.69 Å². The Balaban J connectivity index is 2.41. The summed E-state index contributed by atoms with van der Waals surface area (Å²) in [4.78, 5) is 25.2. The van der Waals surface area contributed by atoms with Crippen LogP contribution in [-0.2, 0) is 0 Å². The number of rotatable bonds is 1. The van der Waals surface area contributed by atoms with Gasteiger partial charge < -0.3 is 10.5 Å². The summed E-state index contributed by atoms with van der Waals surface area (Å²) in [5.41, 5.74) is 6.95. The minimum atomic E-state index is -0.343. The second kappa shape index (κ2) is 4.35. The van der Waals surface area contributed by atoms with Gasteiger partial charge in [0.05, 0.1) is 28.8 Å². The Morgan fingerprint density at radius 3 is 2.45 bits per heavy atom. The highest BCUT2D eigenvalue weighted by atomic mass is 35.5. The summed E-state index contributed by atoms with van der Waals surface area (Å²) in [6.07, 6.45) is 0. The molecule has 20 heavy (non-hydrogen) atoms. The highest BCUT2D eigenvalue weighted by Crippen LogP contribution is 2.38. The SMILES string of the molecule is COc1ccc(N)c2c1C(=O)c1c(Cl)cccc1C2=O. The number of ketones is 2. The van der Waals surface area contributed by atoms with Crippen molar-refractivity contribution in [3.8, 4) is 5.75 Å². The average molecular weight is 288 g/mol. The Labute approximate surface area is 120 Å². The van der Waals surface area contributed by atoms with Crippen LogP contribution in [0.25, 0.3) is 0 Å². The molecule has 0 spiro atoms. The van der Waals surface area contributed by atoms with Crippen LogP contribution in [0.5, 0.6) is 5.75 Å². The Bertz CT molecular complexity index is 768. The second-order valence-corrected chi connectivity index (χ2v) is 4.83. The number of benzene rings is 2. The van der Waals surface area contributed by atoms with Crippen LogP contribution in [0.2, 0.25) is 5.02 Å². The van der Waals surface area contributed by atoms with Gasteiger partial charge in [0, 0.05) is 11.3 Å². The minimum Gasteiger partial charge on any atom is -0.496 e. The Morgan fingerprint density at radius 1 is 1.00 bits per heavy atom. The number of ether oxygens (including phenoxy) is 1. The molecule has 0 unspecified atom stereocenters. The Kier molecular flexibility index (Phi) is 2.76. The molecular weight excluding hydrogens is 278 g/mol. The van der Waals surface area contributed by atoms with Crippen LogP contribution in [-0.4, -0.2) is 18.7 Å². The van der Waals surface area contributed by atoms with Gasteiger partial charge in [0.1, 0.15) is 5.75 Å². The van der Waals surface area contributed by atoms with E-state index >= 15 is 0 Å². The predicted octanol–water partition coefficient (Wildman–Crippen LogP) is 2.71. The van der Waals surface area contributed by atoms with E-state index in [9.17, 15) is 9.59 Å². The molecule has 0 heterocycles. The molecule has 0 bridgehead atoms. The first kappa shape index (κ1) is 12.7. The van der Waals surface area contributed by atoms with Gasteiger partial charge in [0.2, 0.25) is 0 Å². The highest BCUT2D eigenvalue weighted by Gasteiger charge is 2.35. The van der Waals surface area contributed by atoms with Gasteiger partial charge in [-0.1, -0.05) is 23.7 Å². The molecule has 1 aliphatic carbocycles. The van der Waals surface area contributed by atoms with Crippen molar-refractivity contribution in [1.29, 1.82) is 0 Å². The molecule has 0 fully saturated rings. The normalized spacial score (nSPS) is 12.9. The van der Waals surface area contributed by atoms with E-state index < -0.39 is 0 Å². The number of fused-ring (bicyclic) bond motifs is 2. The van der Waals surface area contributed by atoms with Gasteiger partial charge in [0.15, 0.2) is 11.6 Å². The first-order valence-corrected chi connectivity index (χ1v) is 6.28. The summed E-state index contributed by atoms with van der Waals surface area (Å²) in [7, 11) is 1.44. The predicted molar refractivity (Wildman–Crippen MR) is 75.7 cm³/mol. The van der Waals surface area contributed by atoms with E-state index in [-0.39, 0.29) is 44.5 Å². The van der Waals surface area contributed by atoms with E-state index in [1.807, 2.05) is 0 Å². The first-order chi connectivity index (χ1) is 9.56. The van der Waals surface area contributed by atoms with E-state index in [4.69, 9.17) is 22.1 Å².